The second kappa shape index (κ2) is 5.90. The molecule has 7 heteroatoms. The van der Waals surface area contributed by atoms with E-state index in [-0.39, 0.29) is 5.91 Å². The van der Waals surface area contributed by atoms with Crippen LogP contribution in [0.1, 0.15) is 6.42 Å². The normalized spacial score (nSPS) is 19.6. The van der Waals surface area contributed by atoms with E-state index in [1.807, 2.05) is 0 Å². The van der Waals surface area contributed by atoms with Crippen LogP contribution >= 0.6 is 0 Å². The van der Waals surface area contributed by atoms with Gasteiger partial charge in [-0.15, -0.1) is 0 Å². The van der Waals surface area contributed by atoms with Gasteiger partial charge >= 0.3 is 5.97 Å². The summed E-state index contributed by atoms with van der Waals surface area (Å²) in [4.78, 5) is 22.7. The molecule has 0 bridgehead atoms. The van der Waals surface area contributed by atoms with Gasteiger partial charge in [-0.1, -0.05) is 0 Å². The zero-order valence-corrected chi connectivity index (χ0v) is 12.0. The van der Waals surface area contributed by atoms with E-state index >= 15 is 0 Å². The number of nitrogens with one attached hydrogen (secondary N) is 1. The highest BCUT2D eigenvalue weighted by Gasteiger charge is 2.48. The second-order valence-corrected chi connectivity index (χ2v) is 4.69. The summed E-state index contributed by atoms with van der Waals surface area (Å²) in [6.45, 7) is 0. The molecule has 1 aromatic rings. The van der Waals surface area contributed by atoms with Crippen LogP contribution in [0.2, 0.25) is 0 Å². The van der Waals surface area contributed by atoms with Gasteiger partial charge in [0.2, 0.25) is 11.7 Å². The highest BCUT2D eigenvalue weighted by Crippen LogP contribution is 2.42. The van der Waals surface area contributed by atoms with Crippen LogP contribution in [0.25, 0.3) is 0 Å². The van der Waals surface area contributed by atoms with Crippen molar-refractivity contribution in [2.45, 2.75) is 6.42 Å². The van der Waals surface area contributed by atoms with Crippen molar-refractivity contribution in [1.82, 2.24) is 0 Å². The number of carbonyl (C=O) groups is 2. The Morgan fingerprint density at radius 1 is 1.10 bits per heavy atom. The summed E-state index contributed by atoms with van der Waals surface area (Å²) in [6, 6.07) is 3.19. The van der Waals surface area contributed by atoms with Crippen LogP contribution in [0.4, 0.5) is 5.69 Å². The number of amides is 1. The molecular formula is C14H17NO6. The highest BCUT2D eigenvalue weighted by atomic mass is 16.5. The number of aliphatic carboxylic acids is 1. The fourth-order valence-electron chi connectivity index (χ4n) is 2.15. The molecule has 1 aliphatic carbocycles. The Kier molecular flexibility index (Phi) is 4.21. The number of carboxylic acid groups (broad SMARTS) is 1. The number of benzene rings is 1. The van der Waals surface area contributed by atoms with Gasteiger partial charge in [0.1, 0.15) is 0 Å². The number of methoxy groups -OCH3 is 3. The van der Waals surface area contributed by atoms with Crippen molar-refractivity contribution in [1.29, 1.82) is 0 Å². The quantitative estimate of drug-likeness (QED) is 0.823. The molecule has 0 radical (unpaired) electrons. The lowest BCUT2D eigenvalue weighted by atomic mass is 10.2. The fourth-order valence-corrected chi connectivity index (χ4v) is 2.15. The van der Waals surface area contributed by atoms with Crippen molar-refractivity contribution in [3.63, 3.8) is 0 Å². The SMILES string of the molecule is COc1cc(NC(=O)C2CC2C(=O)O)cc(OC)c1OC. The predicted molar refractivity (Wildman–Crippen MR) is 74.0 cm³/mol. The summed E-state index contributed by atoms with van der Waals surface area (Å²) in [5, 5.41) is 11.5. The molecule has 1 saturated carbocycles. The molecule has 1 aromatic carbocycles. The molecule has 2 atom stereocenters. The number of carbonyl (C=O) groups excluding carboxylic acids is 1. The first kappa shape index (κ1) is 15.0. The van der Waals surface area contributed by atoms with Crippen LogP contribution in [0, 0.1) is 11.8 Å². The molecule has 2 rings (SSSR count). The molecule has 0 spiro atoms. The third kappa shape index (κ3) is 3.01. The fraction of sp³-hybridized carbons (Fsp3) is 0.429. The number of hydrogen-bond acceptors (Lipinski definition) is 5. The van der Waals surface area contributed by atoms with Crippen LogP contribution in [0.3, 0.4) is 0 Å². The molecule has 1 fully saturated rings. The molecular weight excluding hydrogens is 278 g/mol. The van der Waals surface area contributed by atoms with E-state index in [1.165, 1.54) is 21.3 Å². The second-order valence-electron chi connectivity index (χ2n) is 4.69. The van der Waals surface area contributed by atoms with Gasteiger partial charge in [-0.05, 0) is 6.42 Å². The summed E-state index contributed by atoms with van der Waals surface area (Å²) in [6.07, 6.45) is 0.367. The molecule has 7 nitrogen and oxygen atoms in total. The standard InChI is InChI=1S/C14H17NO6/c1-19-10-4-7(5-11(20-2)12(10)21-3)15-13(16)8-6-9(8)14(17)18/h4-5,8-9H,6H2,1-3H3,(H,15,16)(H,17,18). The summed E-state index contributed by atoms with van der Waals surface area (Å²) in [7, 11) is 4.44. The maximum absolute atomic E-state index is 12.0. The van der Waals surface area contributed by atoms with Crippen molar-refractivity contribution in [2.24, 2.45) is 11.8 Å². The van der Waals surface area contributed by atoms with Crippen LogP contribution in [-0.4, -0.2) is 38.3 Å². The molecule has 0 aliphatic heterocycles. The van der Waals surface area contributed by atoms with Crippen molar-refractivity contribution >= 4 is 17.6 Å². The number of hydrogen-bond donors (Lipinski definition) is 2. The molecule has 2 N–H and O–H groups in total. The minimum absolute atomic E-state index is 0.323. The maximum Gasteiger partial charge on any atom is 0.307 e. The van der Waals surface area contributed by atoms with Gasteiger partial charge in [0.25, 0.3) is 0 Å². The minimum Gasteiger partial charge on any atom is -0.493 e. The molecule has 1 aliphatic rings. The van der Waals surface area contributed by atoms with Gasteiger partial charge in [0.15, 0.2) is 11.5 Å². The third-order valence-electron chi connectivity index (χ3n) is 3.38. The van der Waals surface area contributed by atoms with Crippen LogP contribution in [0.15, 0.2) is 12.1 Å². The van der Waals surface area contributed by atoms with Gasteiger partial charge in [-0.2, -0.15) is 0 Å². The van der Waals surface area contributed by atoms with E-state index in [0.29, 0.717) is 29.4 Å². The van der Waals surface area contributed by atoms with Crippen molar-refractivity contribution in [2.75, 3.05) is 26.6 Å². The molecule has 0 heterocycles. The molecule has 0 saturated heterocycles. The van der Waals surface area contributed by atoms with Crippen molar-refractivity contribution in [3.05, 3.63) is 12.1 Å². The summed E-state index contributed by atoms with van der Waals surface area (Å²) < 4.78 is 15.6. The monoisotopic (exact) mass is 295 g/mol. The summed E-state index contributed by atoms with van der Waals surface area (Å²) in [5.41, 5.74) is 0.463. The summed E-state index contributed by atoms with van der Waals surface area (Å²) in [5.74, 6) is -1.09. The Bertz CT molecular complexity index is 546. The predicted octanol–water partition coefficient (Wildman–Crippen LogP) is 1.37. The Labute approximate surface area is 121 Å². The van der Waals surface area contributed by atoms with E-state index in [2.05, 4.69) is 5.32 Å². The Hall–Kier alpha value is -2.44. The van der Waals surface area contributed by atoms with E-state index < -0.39 is 17.8 Å². The van der Waals surface area contributed by atoms with Crippen LogP contribution in [0.5, 0.6) is 17.2 Å². The Balaban J connectivity index is 2.17. The number of ether oxygens (including phenoxy) is 3. The first-order chi connectivity index (χ1) is 10.0. The summed E-state index contributed by atoms with van der Waals surface area (Å²) >= 11 is 0. The van der Waals surface area contributed by atoms with Gasteiger partial charge in [-0.3, -0.25) is 9.59 Å². The average molecular weight is 295 g/mol. The van der Waals surface area contributed by atoms with E-state index in [0.717, 1.165) is 0 Å². The maximum atomic E-state index is 12.0. The van der Waals surface area contributed by atoms with Gasteiger partial charge < -0.3 is 24.6 Å². The molecule has 1 amide bonds. The highest BCUT2D eigenvalue weighted by molar-refractivity contribution is 5.98. The van der Waals surface area contributed by atoms with E-state index in [4.69, 9.17) is 19.3 Å². The average Bonchev–Trinajstić information content (AvgIpc) is 3.26. The molecule has 0 aromatic heterocycles. The zero-order chi connectivity index (χ0) is 15.6. The van der Waals surface area contributed by atoms with Gasteiger partial charge in [0, 0.05) is 17.8 Å². The first-order valence-electron chi connectivity index (χ1n) is 6.35. The number of carboxylic acids is 1. The lowest BCUT2D eigenvalue weighted by Crippen LogP contribution is -2.17. The Morgan fingerprint density at radius 2 is 1.67 bits per heavy atom. The third-order valence-corrected chi connectivity index (χ3v) is 3.38. The topological polar surface area (TPSA) is 94.1 Å². The van der Waals surface area contributed by atoms with Crippen LogP contribution < -0.4 is 19.5 Å². The van der Waals surface area contributed by atoms with Crippen molar-refractivity contribution in [3.8, 4) is 17.2 Å². The Morgan fingerprint density at radius 3 is 2.05 bits per heavy atom. The van der Waals surface area contributed by atoms with E-state index in [1.54, 1.807) is 12.1 Å². The number of anilines is 1. The first-order valence-corrected chi connectivity index (χ1v) is 6.35. The number of rotatable bonds is 6. The van der Waals surface area contributed by atoms with E-state index in [9.17, 15) is 9.59 Å². The van der Waals surface area contributed by atoms with Gasteiger partial charge in [-0.25, -0.2) is 0 Å². The van der Waals surface area contributed by atoms with Crippen LogP contribution in [-0.2, 0) is 9.59 Å². The molecule has 21 heavy (non-hydrogen) atoms. The smallest absolute Gasteiger partial charge is 0.307 e. The molecule has 114 valence electrons. The van der Waals surface area contributed by atoms with Gasteiger partial charge in [0.05, 0.1) is 33.2 Å². The lowest BCUT2D eigenvalue weighted by Gasteiger charge is -2.14. The lowest BCUT2D eigenvalue weighted by molar-refractivity contribution is -0.139. The van der Waals surface area contributed by atoms with Crippen molar-refractivity contribution < 1.29 is 28.9 Å². The molecule has 2 unspecified atom stereocenters. The zero-order valence-electron chi connectivity index (χ0n) is 12.0. The largest absolute Gasteiger partial charge is 0.493 e. The minimum atomic E-state index is -0.944.